The molecule has 3 rings (SSSR count). The van der Waals surface area contributed by atoms with Crippen molar-refractivity contribution in [2.45, 2.75) is 12.8 Å². The first-order valence-electron chi connectivity index (χ1n) is 8.06. The lowest BCUT2D eigenvalue weighted by Gasteiger charge is -2.09. The Balaban J connectivity index is 1.66. The molecular weight excluding hydrogens is 412 g/mol. The Hall–Kier alpha value is -2.57. The van der Waals surface area contributed by atoms with Crippen molar-refractivity contribution in [1.29, 1.82) is 0 Å². The lowest BCUT2D eigenvalue weighted by atomic mass is 10.1. The van der Waals surface area contributed by atoms with Crippen LogP contribution in [0.25, 0.3) is 11.3 Å². The molecule has 0 spiro atoms. The summed E-state index contributed by atoms with van der Waals surface area (Å²) >= 11 is 12.0. The Bertz CT molecular complexity index is 989. The van der Waals surface area contributed by atoms with E-state index in [0.29, 0.717) is 10.6 Å². The first-order chi connectivity index (χ1) is 13.3. The topological polar surface area (TPSA) is 34.5 Å². The molecule has 3 aromatic rings. The highest BCUT2D eigenvalue weighted by Crippen LogP contribution is 2.33. The van der Waals surface area contributed by atoms with Crippen LogP contribution in [0.4, 0.5) is 13.2 Å². The van der Waals surface area contributed by atoms with Gasteiger partial charge in [-0.2, -0.15) is 13.2 Å². The van der Waals surface area contributed by atoms with Crippen LogP contribution < -0.4 is 0 Å². The number of halogens is 5. The molecule has 1 aromatic heterocycles. The summed E-state index contributed by atoms with van der Waals surface area (Å²) in [7, 11) is 0. The molecule has 3 nitrogen and oxygen atoms in total. The second kappa shape index (κ2) is 8.63. The van der Waals surface area contributed by atoms with E-state index >= 15 is 0 Å². The lowest BCUT2D eigenvalue weighted by molar-refractivity contribution is -0.137. The van der Waals surface area contributed by atoms with Crippen LogP contribution in [0.1, 0.15) is 16.7 Å². The van der Waals surface area contributed by atoms with Gasteiger partial charge in [0.15, 0.2) is 0 Å². The molecule has 144 valence electrons. The van der Waals surface area contributed by atoms with Gasteiger partial charge in [0.1, 0.15) is 6.61 Å². The fraction of sp³-hybridized carbons (Fsp3) is 0.100. The Kier molecular flexibility index (Phi) is 6.21. The number of nitrogens with zero attached hydrogens (tertiary/aromatic N) is 2. The van der Waals surface area contributed by atoms with Crippen LogP contribution >= 0.6 is 23.2 Å². The van der Waals surface area contributed by atoms with Crippen LogP contribution in [0.5, 0.6) is 0 Å². The minimum absolute atomic E-state index is 0.0701. The highest BCUT2D eigenvalue weighted by atomic mass is 35.5. The van der Waals surface area contributed by atoms with Gasteiger partial charge in [0.25, 0.3) is 0 Å². The summed E-state index contributed by atoms with van der Waals surface area (Å²) in [6.45, 7) is 0.235. The highest BCUT2D eigenvalue weighted by molar-refractivity contribution is 6.33. The first-order valence-corrected chi connectivity index (χ1v) is 8.82. The molecule has 0 radical (unpaired) electrons. The van der Waals surface area contributed by atoms with E-state index in [1.54, 1.807) is 30.3 Å². The summed E-state index contributed by atoms with van der Waals surface area (Å²) in [6.07, 6.45) is -2.21. The summed E-state index contributed by atoms with van der Waals surface area (Å²) in [5.74, 6) is 0. The van der Waals surface area contributed by atoms with Gasteiger partial charge in [-0.1, -0.05) is 70.8 Å². The second-order valence-corrected chi connectivity index (χ2v) is 6.59. The average molecular weight is 425 g/mol. The molecule has 8 heteroatoms. The third kappa shape index (κ3) is 5.03. The summed E-state index contributed by atoms with van der Waals surface area (Å²) in [4.78, 5) is 9.07. The van der Waals surface area contributed by atoms with Crippen molar-refractivity contribution in [3.8, 4) is 11.3 Å². The molecule has 2 aromatic carbocycles. The zero-order chi connectivity index (χ0) is 20.1. The molecule has 0 N–H and O–H groups in total. The van der Waals surface area contributed by atoms with Crippen molar-refractivity contribution in [2.24, 2.45) is 5.16 Å². The van der Waals surface area contributed by atoms with Gasteiger partial charge < -0.3 is 4.84 Å². The van der Waals surface area contributed by atoms with Crippen molar-refractivity contribution in [3.05, 3.63) is 87.5 Å². The molecular formula is C20H13Cl2F3N2O. The normalized spacial score (nSPS) is 11.8. The van der Waals surface area contributed by atoms with Crippen LogP contribution in [0.15, 0.2) is 65.9 Å². The van der Waals surface area contributed by atoms with Crippen LogP contribution in [0, 0.1) is 0 Å². The molecule has 0 aliphatic carbocycles. The highest BCUT2D eigenvalue weighted by Gasteiger charge is 2.31. The lowest BCUT2D eigenvalue weighted by Crippen LogP contribution is -2.05. The second-order valence-electron chi connectivity index (χ2n) is 5.77. The van der Waals surface area contributed by atoms with Crippen LogP contribution in [-0.4, -0.2) is 11.2 Å². The fourth-order valence-electron chi connectivity index (χ4n) is 2.35. The van der Waals surface area contributed by atoms with E-state index in [2.05, 4.69) is 10.1 Å². The van der Waals surface area contributed by atoms with Crippen LogP contribution in [0.2, 0.25) is 10.0 Å². The van der Waals surface area contributed by atoms with E-state index < -0.39 is 11.7 Å². The number of aromatic nitrogens is 1. The molecule has 1 heterocycles. The molecule has 0 atom stereocenters. The Morgan fingerprint density at radius 2 is 1.71 bits per heavy atom. The van der Waals surface area contributed by atoms with Gasteiger partial charge in [0.2, 0.25) is 0 Å². The molecule has 28 heavy (non-hydrogen) atoms. The van der Waals surface area contributed by atoms with Crippen molar-refractivity contribution < 1.29 is 18.0 Å². The number of benzene rings is 2. The van der Waals surface area contributed by atoms with Crippen molar-refractivity contribution in [1.82, 2.24) is 4.98 Å². The molecule has 0 aliphatic heterocycles. The minimum Gasteiger partial charge on any atom is -0.391 e. The van der Waals surface area contributed by atoms with Crippen molar-refractivity contribution in [3.63, 3.8) is 0 Å². The van der Waals surface area contributed by atoms with Gasteiger partial charge >= 0.3 is 6.18 Å². The number of hydrogen-bond donors (Lipinski definition) is 0. The zero-order valence-corrected chi connectivity index (χ0v) is 15.8. The number of rotatable bonds is 5. The number of hydrogen-bond acceptors (Lipinski definition) is 3. The Morgan fingerprint density at radius 1 is 1.00 bits per heavy atom. The molecule has 0 saturated carbocycles. The smallest absolute Gasteiger partial charge is 0.391 e. The minimum atomic E-state index is -4.49. The van der Waals surface area contributed by atoms with Gasteiger partial charge in [0, 0.05) is 22.3 Å². The summed E-state index contributed by atoms with van der Waals surface area (Å²) in [5, 5.41) is 4.42. The Morgan fingerprint density at radius 3 is 2.36 bits per heavy atom. The summed E-state index contributed by atoms with van der Waals surface area (Å²) < 4.78 is 38.1. The van der Waals surface area contributed by atoms with Gasteiger partial charge in [-0.3, -0.25) is 4.98 Å². The van der Waals surface area contributed by atoms with Crippen molar-refractivity contribution >= 4 is 29.4 Å². The van der Waals surface area contributed by atoms with Crippen molar-refractivity contribution in [2.75, 3.05) is 0 Å². The monoisotopic (exact) mass is 424 g/mol. The Labute approximate surface area is 169 Å². The average Bonchev–Trinajstić information content (AvgIpc) is 2.66. The maximum Gasteiger partial charge on any atom is 0.417 e. The van der Waals surface area contributed by atoms with E-state index in [0.717, 1.165) is 23.4 Å². The maximum absolute atomic E-state index is 12.7. The first kappa shape index (κ1) is 20.2. The predicted octanol–water partition coefficient (Wildman–Crippen LogP) is 6.62. The molecule has 0 fully saturated rings. The number of pyridine rings is 1. The third-order valence-corrected chi connectivity index (χ3v) is 4.46. The maximum atomic E-state index is 12.7. The van der Waals surface area contributed by atoms with E-state index in [9.17, 15) is 13.2 Å². The third-order valence-electron chi connectivity index (χ3n) is 3.81. The van der Waals surface area contributed by atoms with Gasteiger partial charge in [0.05, 0.1) is 22.5 Å². The largest absolute Gasteiger partial charge is 0.417 e. The molecule has 0 saturated heterocycles. The van der Waals surface area contributed by atoms with Crippen LogP contribution in [0.3, 0.4) is 0 Å². The van der Waals surface area contributed by atoms with Gasteiger partial charge in [-0.25, -0.2) is 0 Å². The molecule has 0 unspecified atom stereocenters. The zero-order valence-electron chi connectivity index (χ0n) is 14.3. The van der Waals surface area contributed by atoms with E-state index in [4.69, 9.17) is 28.0 Å². The van der Waals surface area contributed by atoms with Crippen LogP contribution in [-0.2, 0) is 17.6 Å². The molecule has 0 bridgehead atoms. The van der Waals surface area contributed by atoms with Gasteiger partial charge in [-0.15, -0.1) is 0 Å². The summed E-state index contributed by atoms with van der Waals surface area (Å²) in [6, 6.07) is 15.0. The fourth-order valence-corrected chi connectivity index (χ4v) is 2.82. The molecule has 0 aliphatic rings. The van der Waals surface area contributed by atoms with Gasteiger partial charge in [-0.05, 0) is 17.7 Å². The quantitative estimate of drug-likeness (QED) is 0.340. The standard InChI is InChI=1S/C20H13Cl2F3N2O/c21-17-4-2-1-3-15(17)12-28-27-10-13-5-7-14(8-6-13)19-18(22)9-16(11-26-19)20(23,24)25/h1-11H,12H2. The van der Waals surface area contributed by atoms with E-state index in [1.165, 1.54) is 6.21 Å². The predicted molar refractivity (Wildman–Crippen MR) is 104 cm³/mol. The molecule has 0 amide bonds. The number of oxime groups is 1. The SMILES string of the molecule is FC(F)(F)c1cnc(-c2ccc(C=NOCc3ccccc3Cl)cc2)c(Cl)c1. The van der Waals surface area contributed by atoms with E-state index in [1.807, 2.05) is 18.2 Å². The number of alkyl halides is 3. The van der Waals surface area contributed by atoms with E-state index in [-0.39, 0.29) is 17.3 Å². The summed E-state index contributed by atoms with van der Waals surface area (Å²) in [5.41, 5.74) is 1.53.